The predicted molar refractivity (Wildman–Crippen MR) is 118 cm³/mol. The van der Waals surface area contributed by atoms with Crippen LogP contribution in [0.3, 0.4) is 0 Å². The van der Waals surface area contributed by atoms with Gasteiger partial charge in [-0.25, -0.2) is 0 Å². The molecule has 0 atom stereocenters. The van der Waals surface area contributed by atoms with E-state index in [1.54, 1.807) is 30.3 Å². The summed E-state index contributed by atoms with van der Waals surface area (Å²) in [4.78, 5) is 13.1. The third-order valence-corrected chi connectivity index (χ3v) is 5.11. The summed E-state index contributed by atoms with van der Waals surface area (Å²) in [5, 5.41) is 15.2. The monoisotopic (exact) mass is 472 g/mol. The number of halogens is 2. The van der Waals surface area contributed by atoms with Crippen molar-refractivity contribution in [2.45, 2.75) is 11.5 Å². The fraction of sp³-hybridized carbons (Fsp3) is 0.118. The summed E-state index contributed by atoms with van der Waals surface area (Å²) in [7, 11) is 0. The topological polar surface area (TPSA) is 117 Å². The van der Waals surface area contributed by atoms with Gasteiger partial charge in [0.05, 0.1) is 0 Å². The highest BCUT2D eigenvalue weighted by molar-refractivity contribution is 8.93. The average molecular weight is 474 g/mol. The second kappa shape index (κ2) is 10.6. The van der Waals surface area contributed by atoms with Crippen molar-refractivity contribution in [1.29, 1.82) is 10.8 Å². The summed E-state index contributed by atoms with van der Waals surface area (Å²) in [5.74, 6) is 0.708. The van der Waals surface area contributed by atoms with Crippen molar-refractivity contribution in [3.8, 4) is 0 Å². The molecule has 138 valence electrons. The maximum Gasteiger partial charge on any atom is 0.193 e. The number of hydrogen-bond acceptors (Lipinski definition) is 5. The minimum absolute atomic E-state index is 0. The van der Waals surface area contributed by atoms with Crippen LogP contribution in [0.4, 0.5) is 0 Å². The van der Waals surface area contributed by atoms with Gasteiger partial charge in [0.2, 0.25) is 0 Å². The van der Waals surface area contributed by atoms with Crippen LogP contribution in [0.15, 0.2) is 42.5 Å². The van der Waals surface area contributed by atoms with Crippen molar-refractivity contribution in [2.75, 3.05) is 0 Å². The molecule has 0 saturated heterocycles. The maximum absolute atomic E-state index is 13.1. The molecule has 0 spiro atoms. The van der Waals surface area contributed by atoms with Gasteiger partial charge in [-0.05, 0) is 29.3 Å². The third kappa shape index (κ3) is 6.35. The molecular formula is C17H18BrClN4OS2. The first-order valence-electron chi connectivity index (χ1n) is 7.23. The van der Waals surface area contributed by atoms with Gasteiger partial charge in [-0.15, -0.1) is 17.0 Å². The van der Waals surface area contributed by atoms with Gasteiger partial charge in [-0.2, -0.15) is 0 Å². The van der Waals surface area contributed by atoms with Gasteiger partial charge in [0.15, 0.2) is 16.1 Å². The number of ketones is 1. The van der Waals surface area contributed by atoms with Crippen molar-refractivity contribution >= 4 is 68.2 Å². The highest BCUT2D eigenvalue weighted by Gasteiger charge is 2.17. The smallest absolute Gasteiger partial charge is 0.193 e. The SMILES string of the molecule is Br.N=C(N)SCc1ccccc1C(=O)c1ccc(Cl)cc1CSC(=N)N. The number of hydrogen-bond donors (Lipinski definition) is 4. The Morgan fingerprint density at radius 1 is 0.923 bits per heavy atom. The quantitative estimate of drug-likeness (QED) is 0.282. The Balaban J connectivity index is 0.00000338. The van der Waals surface area contributed by atoms with E-state index >= 15 is 0 Å². The van der Waals surface area contributed by atoms with E-state index in [9.17, 15) is 4.79 Å². The molecular weight excluding hydrogens is 456 g/mol. The first-order valence-corrected chi connectivity index (χ1v) is 9.58. The van der Waals surface area contributed by atoms with Crippen LogP contribution in [0.5, 0.6) is 0 Å². The Bertz CT molecular complexity index is 832. The lowest BCUT2D eigenvalue weighted by Crippen LogP contribution is -2.10. The van der Waals surface area contributed by atoms with E-state index in [0.29, 0.717) is 27.7 Å². The summed E-state index contributed by atoms with van der Waals surface area (Å²) in [6, 6.07) is 12.3. The Kier molecular flexibility index (Phi) is 9.21. The molecule has 2 aromatic rings. The predicted octanol–water partition coefficient (Wildman–Crippen LogP) is 4.40. The van der Waals surface area contributed by atoms with E-state index in [4.69, 9.17) is 33.9 Å². The fourth-order valence-corrected chi connectivity index (χ4v) is 3.53. The zero-order chi connectivity index (χ0) is 18.4. The highest BCUT2D eigenvalue weighted by atomic mass is 79.9. The van der Waals surface area contributed by atoms with Crippen molar-refractivity contribution in [1.82, 2.24) is 0 Å². The molecule has 0 bridgehead atoms. The zero-order valence-corrected chi connectivity index (χ0v) is 17.7. The normalized spacial score (nSPS) is 10.0. The van der Waals surface area contributed by atoms with Gasteiger partial charge >= 0.3 is 0 Å². The molecule has 6 N–H and O–H groups in total. The number of rotatable bonds is 6. The maximum atomic E-state index is 13.1. The Labute approximate surface area is 176 Å². The standard InChI is InChI=1S/C17H17ClN4OS2.BrH/c18-12-5-6-14(11(7-12)9-25-17(21)22)15(23)13-4-2-1-3-10(13)8-24-16(19)20;/h1-7H,8-9H2,(H3,19,20)(H3,21,22);1H. The molecule has 26 heavy (non-hydrogen) atoms. The summed E-state index contributed by atoms with van der Waals surface area (Å²) in [6.45, 7) is 0. The summed E-state index contributed by atoms with van der Waals surface area (Å²) in [6.07, 6.45) is 0. The number of benzene rings is 2. The summed E-state index contributed by atoms with van der Waals surface area (Å²) < 4.78 is 0. The number of thioether (sulfide) groups is 2. The summed E-state index contributed by atoms with van der Waals surface area (Å²) >= 11 is 8.36. The molecule has 2 aromatic carbocycles. The Hall–Kier alpha value is -1.48. The first kappa shape index (κ1) is 22.6. The Morgan fingerprint density at radius 2 is 1.46 bits per heavy atom. The van der Waals surface area contributed by atoms with Crippen LogP contribution in [0, 0.1) is 10.8 Å². The van der Waals surface area contributed by atoms with Crippen molar-refractivity contribution < 1.29 is 4.79 Å². The van der Waals surface area contributed by atoms with Crippen LogP contribution in [0.25, 0.3) is 0 Å². The second-order valence-corrected chi connectivity index (χ2v) is 7.56. The highest BCUT2D eigenvalue weighted by Crippen LogP contribution is 2.25. The molecule has 0 aliphatic carbocycles. The van der Waals surface area contributed by atoms with Crippen LogP contribution in [-0.4, -0.2) is 16.1 Å². The van der Waals surface area contributed by atoms with Gasteiger partial charge in [0, 0.05) is 27.7 Å². The van der Waals surface area contributed by atoms with Gasteiger partial charge < -0.3 is 11.5 Å². The largest absolute Gasteiger partial charge is 0.379 e. The number of carbonyl (C=O) groups is 1. The van der Waals surface area contributed by atoms with E-state index in [-0.39, 0.29) is 33.1 Å². The average Bonchev–Trinajstić information content (AvgIpc) is 2.58. The second-order valence-electron chi connectivity index (χ2n) is 5.09. The molecule has 0 saturated carbocycles. The number of nitrogens with one attached hydrogen (secondary N) is 2. The van der Waals surface area contributed by atoms with Crippen LogP contribution in [-0.2, 0) is 11.5 Å². The van der Waals surface area contributed by atoms with Gasteiger partial charge in [0.1, 0.15) is 0 Å². The van der Waals surface area contributed by atoms with E-state index in [1.165, 1.54) is 11.8 Å². The molecule has 0 aromatic heterocycles. The zero-order valence-electron chi connectivity index (χ0n) is 13.6. The van der Waals surface area contributed by atoms with Crippen LogP contribution in [0.2, 0.25) is 5.02 Å². The molecule has 0 aliphatic rings. The fourth-order valence-electron chi connectivity index (χ4n) is 2.23. The van der Waals surface area contributed by atoms with E-state index in [0.717, 1.165) is 22.9 Å². The third-order valence-electron chi connectivity index (χ3n) is 3.34. The van der Waals surface area contributed by atoms with Crippen molar-refractivity contribution in [2.24, 2.45) is 11.5 Å². The van der Waals surface area contributed by atoms with Gasteiger partial charge in [-0.3, -0.25) is 15.6 Å². The number of amidine groups is 2. The Morgan fingerprint density at radius 3 is 2.08 bits per heavy atom. The molecule has 0 aliphatic heterocycles. The molecule has 0 amide bonds. The minimum Gasteiger partial charge on any atom is -0.379 e. The van der Waals surface area contributed by atoms with Crippen molar-refractivity contribution in [3.05, 3.63) is 69.7 Å². The van der Waals surface area contributed by atoms with E-state index in [1.807, 2.05) is 12.1 Å². The van der Waals surface area contributed by atoms with E-state index < -0.39 is 0 Å². The van der Waals surface area contributed by atoms with Gasteiger partial charge in [-0.1, -0.05) is 59.4 Å². The van der Waals surface area contributed by atoms with Crippen LogP contribution >= 0.6 is 52.1 Å². The van der Waals surface area contributed by atoms with Crippen molar-refractivity contribution in [3.63, 3.8) is 0 Å². The molecule has 9 heteroatoms. The lowest BCUT2D eigenvalue weighted by atomic mass is 9.96. The molecule has 2 rings (SSSR count). The summed E-state index contributed by atoms with van der Waals surface area (Å²) in [5.41, 5.74) is 13.4. The number of carbonyl (C=O) groups excluding carboxylic acids is 1. The first-order chi connectivity index (χ1) is 11.9. The molecule has 5 nitrogen and oxygen atoms in total. The lowest BCUT2D eigenvalue weighted by Gasteiger charge is -2.12. The minimum atomic E-state index is -0.129. The molecule has 0 radical (unpaired) electrons. The van der Waals surface area contributed by atoms with Crippen LogP contribution < -0.4 is 11.5 Å². The van der Waals surface area contributed by atoms with E-state index in [2.05, 4.69) is 0 Å². The molecule has 0 heterocycles. The number of nitrogens with two attached hydrogens (primary N) is 2. The lowest BCUT2D eigenvalue weighted by molar-refractivity contribution is 0.103. The van der Waals surface area contributed by atoms with Crippen LogP contribution in [0.1, 0.15) is 27.0 Å². The van der Waals surface area contributed by atoms with Gasteiger partial charge in [0.25, 0.3) is 0 Å². The molecule has 0 unspecified atom stereocenters. The molecule has 0 fully saturated rings.